The van der Waals surface area contributed by atoms with Crippen LogP contribution in [0.3, 0.4) is 0 Å². The summed E-state index contributed by atoms with van der Waals surface area (Å²) in [5.74, 6) is 0. The molecule has 0 aromatic carbocycles. The summed E-state index contributed by atoms with van der Waals surface area (Å²) >= 11 is -0.583. The monoisotopic (exact) mass is 98.0 g/mol. The van der Waals surface area contributed by atoms with Crippen LogP contribution in [0.15, 0.2) is 0 Å². The first-order valence-electron chi connectivity index (χ1n) is 0.406. The lowest BCUT2D eigenvalue weighted by molar-refractivity contribution is 0.608. The van der Waals surface area contributed by atoms with E-state index in [1.165, 1.54) is 0 Å². The van der Waals surface area contributed by atoms with Crippen LogP contribution in [0.25, 0.3) is 0 Å². The molecule has 2 nitrogen and oxygen atoms in total. The van der Waals surface area contributed by atoms with Gasteiger partial charge in [-0.25, -0.2) is 11.5 Å². The Labute approximate surface area is 34.7 Å². The van der Waals surface area contributed by atoms with E-state index in [4.69, 9.17) is 8.99 Å². The van der Waals surface area contributed by atoms with Gasteiger partial charge in [0.15, 0.2) is 0 Å². The van der Waals surface area contributed by atoms with E-state index in [0.717, 1.165) is 0 Å². The molecule has 0 aromatic rings. The second kappa shape index (κ2) is 10.3. The average molecular weight is 98.2 g/mol. The second-order valence-electron chi connectivity index (χ2n) is 0.0913. The van der Waals surface area contributed by atoms with Crippen LogP contribution in [-0.2, 0) is 15.7 Å². The molecule has 1 N–H and O–H groups in total. The molecule has 4 heteroatoms. The number of hydrogen-bond donors (Lipinski definition) is 1. The van der Waals surface area contributed by atoms with Crippen LogP contribution in [0.4, 0.5) is 0 Å². The van der Waals surface area contributed by atoms with Gasteiger partial charge in [-0.05, 0) is 0 Å². The molecule has 0 aliphatic carbocycles. The highest BCUT2D eigenvalue weighted by Crippen LogP contribution is 0.996. The van der Waals surface area contributed by atoms with E-state index in [2.05, 4.69) is 0 Å². The summed E-state index contributed by atoms with van der Waals surface area (Å²) in [6.07, 6.45) is 0. The van der Waals surface area contributed by atoms with E-state index < -0.39 is 11.5 Å². The van der Waals surface area contributed by atoms with Crippen molar-refractivity contribution in [3.8, 4) is 0 Å². The largest absolute Gasteiger partial charge is 0.448 e. The fourth-order valence-corrected chi connectivity index (χ4v) is 0. The SMILES string of the molecule is N=[SH-]=O.S. The normalized spacial score (nSPS) is 4.00. The van der Waals surface area contributed by atoms with E-state index in [-0.39, 0.29) is 13.5 Å². The third-order valence-electron chi connectivity index (χ3n) is 0. The molecule has 0 fully saturated rings. The first-order valence-corrected chi connectivity index (χ1v) is 1.22. The molecule has 0 unspecified atom stereocenters. The van der Waals surface area contributed by atoms with Gasteiger partial charge in [-0.3, -0.25) is 0 Å². The number of rotatable bonds is 0. The lowest BCUT2D eigenvalue weighted by Crippen LogP contribution is -1.01. The van der Waals surface area contributed by atoms with Crippen LogP contribution in [0.2, 0.25) is 0 Å². The maximum atomic E-state index is 8.57. The van der Waals surface area contributed by atoms with Gasteiger partial charge >= 0.3 is 0 Å². The molecule has 0 aliphatic heterocycles. The highest BCUT2D eigenvalue weighted by Gasteiger charge is 0.687. The van der Waals surface area contributed by atoms with E-state index in [1.807, 2.05) is 0 Å². The summed E-state index contributed by atoms with van der Waals surface area (Å²) in [5, 5.41) is 0. The van der Waals surface area contributed by atoms with Gasteiger partial charge < -0.3 is 8.99 Å². The fraction of sp³-hybridized carbons (Fsp3) is 0. The molecule has 0 saturated heterocycles. The molecule has 0 heterocycles. The lowest BCUT2D eigenvalue weighted by Gasteiger charge is -1.33. The van der Waals surface area contributed by atoms with E-state index in [9.17, 15) is 0 Å². The van der Waals surface area contributed by atoms with Crippen molar-refractivity contribution in [2.45, 2.75) is 0 Å². The third kappa shape index (κ3) is 43.2. The van der Waals surface area contributed by atoms with E-state index in [0.29, 0.717) is 0 Å². The minimum atomic E-state index is -0.583. The number of hydrogen-bond acceptors (Lipinski definition) is 3. The molecule has 0 radical (unpaired) electrons. The van der Waals surface area contributed by atoms with Gasteiger partial charge in [0.25, 0.3) is 0 Å². The molecule has 0 saturated carbocycles. The number of thiol groups is 1. The Balaban J connectivity index is 0. The minimum absolute atomic E-state index is 0. The second-order valence-corrected chi connectivity index (χ2v) is 0.274. The van der Waals surface area contributed by atoms with Gasteiger partial charge in [0.05, 0.1) is 0 Å². The zero-order chi connectivity index (χ0) is 2.71. The van der Waals surface area contributed by atoms with Crippen molar-refractivity contribution in [3.05, 3.63) is 0 Å². The molecular weight excluding hydrogens is 94.1 g/mol. The molecule has 4 heavy (non-hydrogen) atoms. The zero-order valence-electron chi connectivity index (χ0n) is 1.86. The zero-order valence-corrected chi connectivity index (χ0v) is 3.75. The Morgan fingerprint density at radius 1 is 1.75 bits per heavy atom. The quantitative estimate of drug-likeness (QED) is 0.337. The maximum absolute atomic E-state index is 8.57. The molecule has 0 aliphatic rings. The lowest BCUT2D eigenvalue weighted by atomic mass is 14.0. The summed E-state index contributed by atoms with van der Waals surface area (Å²) in [6, 6.07) is 0. The third-order valence-corrected chi connectivity index (χ3v) is 0. The smallest absolute Gasteiger partial charge is 0.197 e. The summed E-state index contributed by atoms with van der Waals surface area (Å²) in [4.78, 5) is 0. The predicted molar refractivity (Wildman–Crippen MR) is 22.5 cm³/mol. The van der Waals surface area contributed by atoms with E-state index in [1.54, 1.807) is 0 Å². The highest BCUT2D eigenvalue weighted by atomic mass is 32.1. The van der Waals surface area contributed by atoms with Crippen LogP contribution in [0, 0.1) is 4.78 Å². The molecule has 0 aromatic heterocycles. The fourth-order valence-electron chi connectivity index (χ4n) is 0. The first-order chi connectivity index (χ1) is 1.41. The topological polar surface area (TPSA) is 40.9 Å². The molecule has 0 spiro atoms. The standard InChI is InChI=1S/H2NOS.H2S/c1-3-2;/h1,3H;1H2/q-1;. The Morgan fingerprint density at radius 3 is 1.75 bits per heavy atom. The van der Waals surface area contributed by atoms with Crippen molar-refractivity contribution in [2.75, 3.05) is 0 Å². The molecule has 28 valence electrons. The Hall–Kier alpha value is 0.300. The van der Waals surface area contributed by atoms with Crippen LogP contribution in [-0.4, -0.2) is 0 Å². The summed E-state index contributed by atoms with van der Waals surface area (Å²) in [6.45, 7) is 0. The van der Waals surface area contributed by atoms with Crippen molar-refractivity contribution in [1.82, 2.24) is 0 Å². The van der Waals surface area contributed by atoms with Crippen molar-refractivity contribution < 1.29 is 4.21 Å². The molecule has 0 atom stereocenters. The molecular formula is H4NOS2-. The Bertz CT molecular complexity index is 27.0. The van der Waals surface area contributed by atoms with Crippen LogP contribution in [0.1, 0.15) is 0 Å². The summed E-state index contributed by atoms with van der Waals surface area (Å²) in [5.41, 5.74) is 0. The molecule has 0 amide bonds. The van der Waals surface area contributed by atoms with Crippen LogP contribution in [0.5, 0.6) is 0 Å². The Kier molecular flexibility index (Phi) is 22.9. The van der Waals surface area contributed by atoms with Gasteiger partial charge in [-0.2, -0.15) is 13.5 Å². The average Bonchev–Trinajstić information content (AvgIpc) is 0.918. The summed E-state index contributed by atoms with van der Waals surface area (Å²) in [7, 11) is 0. The van der Waals surface area contributed by atoms with Gasteiger partial charge in [0.2, 0.25) is 0 Å². The molecule has 0 bridgehead atoms. The van der Waals surface area contributed by atoms with Gasteiger partial charge in [0.1, 0.15) is 0 Å². The maximum Gasteiger partial charge on any atom is -0.197 e. The van der Waals surface area contributed by atoms with Crippen molar-refractivity contribution in [3.63, 3.8) is 0 Å². The first kappa shape index (κ1) is 8.85. The van der Waals surface area contributed by atoms with Crippen LogP contribution < -0.4 is 0 Å². The van der Waals surface area contributed by atoms with Gasteiger partial charge in [-0.1, -0.05) is 0 Å². The highest BCUT2D eigenvalue weighted by molar-refractivity contribution is 7.59. The number of nitrogens with one attached hydrogen (secondary N) is 1. The summed E-state index contributed by atoms with van der Waals surface area (Å²) < 4.78 is 14.2. The van der Waals surface area contributed by atoms with Crippen molar-refractivity contribution >= 4 is 25.0 Å². The predicted octanol–water partition coefficient (Wildman–Crippen LogP) is 0.0220. The van der Waals surface area contributed by atoms with Crippen molar-refractivity contribution in [2.24, 2.45) is 0 Å². The minimum Gasteiger partial charge on any atom is -0.448 e. The van der Waals surface area contributed by atoms with Gasteiger partial charge in [0, 0.05) is 0 Å². The van der Waals surface area contributed by atoms with Gasteiger partial charge in [-0.15, -0.1) is 0 Å². The Morgan fingerprint density at radius 2 is 1.75 bits per heavy atom. The van der Waals surface area contributed by atoms with Crippen LogP contribution >= 0.6 is 13.5 Å². The van der Waals surface area contributed by atoms with E-state index >= 15 is 0 Å². The molecule has 0 rings (SSSR count). The van der Waals surface area contributed by atoms with Crippen molar-refractivity contribution in [1.29, 1.82) is 4.78 Å².